The molecule has 0 aliphatic carbocycles. The second-order valence-electron chi connectivity index (χ2n) is 2.45. The van der Waals surface area contributed by atoms with Crippen LogP contribution in [0.5, 0.6) is 0 Å². The van der Waals surface area contributed by atoms with Gasteiger partial charge in [0.2, 0.25) is 0 Å². The Morgan fingerprint density at radius 3 is 2.46 bits per heavy atom. The third kappa shape index (κ3) is 3.47. The molecule has 0 unspecified atom stereocenters. The second kappa shape index (κ2) is 5.04. The fraction of sp³-hybridized carbons (Fsp3) is 0. The van der Waals surface area contributed by atoms with Crippen LogP contribution in [0.4, 0.5) is 0 Å². The summed E-state index contributed by atoms with van der Waals surface area (Å²) in [6.07, 6.45) is 4.50. The molecule has 1 aromatic carbocycles. The first kappa shape index (κ1) is 9.39. The number of benzene rings is 1. The molecule has 1 radical (unpaired) electrons. The van der Waals surface area contributed by atoms with E-state index in [0.717, 1.165) is 12.0 Å². The first-order valence-electron chi connectivity index (χ1n) is 3.88. The van der Waals surface area contributed by atoms with Gasteiger partial charge in [-0.05, 0) is 11.6 Å². The number of rotatable bonds is 4. The molecule has 0 atom stereocenters. The van der Waals surface area contributed by atoms with Crippen molar-refractivity contribution in [2.75, 3.05) is 0 Å². The van der Waals surface area contributed by atoms with E-state index in [9.17, 15) is 9.59 Å². The summed E-state index contributed by atoms with van der Waals surface area (Å²) in [5, 5.41) is 0. The van der Waals surface area contributed by atoms with E-state index in [1.54, 1.807) is 6.08 Å². The van der Waals surface area contributed by atoms with E-state index in [4.69, 9.17) is 0 Å². The lowest BCUT2D eigenvalue weighted by Gasteiger charge is -1.89. The third-order valence-electron chi connectivity index (χ3n) is 1.47. The molecule has 0 spiro atoms. The molecule has 65 valence electrons. The highest BCUT2D eigenvalue weighted by molar-refractivity contribution is 6.09. The molecule has 0 saturated carbocycles. The van der Waals surface area contributed by atoms with Gasteiger partial charge in [0.15, 0.2) is 5.78 Å². The van der Waals surface area contributed by atoms with Gasteiger partial charge in [-0.1, -0.05) is 36.4 Å². The lowest BCUT2D eigenvalue weighted by atomic mass is 10.2. The molecule has 0 aliphatic rings. The van der Waals surface area contributed by atoms with Crippen LogP contribution in [0.15, 0.2) is 36.4 Å². The van der Waals surface area contributed by atoms with Crippen molar-refractivity contribution in [3.05, 3.63) is 48.4 Å². The lowest BCUT2D eigenvalue weighted by molar-refractivity contribution is -0.114. The second-order valence-corrected chi connectivity index (χ2v) is 2.45. The molecule has 0 aliphatic heterocycles. The molecule has 0 amide bonds. The number of carbonyl (C=O) groups excluding carboxylic acids is 2. The minimum atomic E-state index is -0.293. The Labute approximate surface area is 76.9 Å². The zero-order chi connectivity index (χ0) is 9.52. The zero-order valence-electron chi connectivity index (χ0n) is 7.01. The number of ketones is 1. The first-order valence-corrected chi connectivity index (χ1v) is 3.88. The van der Waals surface area contributed by atoms with Gasteiger partial charge in [0.25, 0.3) is 0 Å². The normalized spacial score (nSPS) is 10.2. The Kier molecular flexibility index (Phi) is 3.64. The number of hydrogen-bond donors (Lipinski definition) is 0. The van der Waals surface area contributed by atoms with Gasteiger partial charge >= 0.3 is 0 Å². The van der Waals surface area contributed by atoms with Crippen LogP contribution >= 0.6 is 0 Å². The summed E-state index contributed by atoms with van der Waals surface area (Å²) in [5.74, 6) is -0.293. The van der Waals surface area contributed by atoms with Crippen LogP contribution in [-0.4, -0.2) is 12.1 Å². The van der Waals surface area contributed by atoms with Crippen LogP contribution in [-0.2, 0) is 9.59 Å². The Balaban J connectivity index is 2.58. The summed E-state index contributed by atoms with van der Waals surface area (Å²) < 4.78 is 0. The molecular formula is C11H9O2. The van der Waals surface area contributed by atoms with Gasteiger partial charge in [0, 0.05) is 0 Å². The molecule has 2 heteroatoms. The van der Waals surface area contributed by atoms with Crippen molar-refractivity contribution in [1.29, 1.82) is 0 Å². The first-order chi connectivity index (χ1) is 6.33. The van der Waals surface area contributed by atoms with Crippen molar-refractivity contribution in [2.24, 2.45) is 0 Å². The van der Waals surface area contributed by atoms with Gasteiger partial charge in [0.05, 0.1) is 6.42 Å². The molecule has 1 aromatic rings. The van der Waals surface area contributed by atoms with Crippen molar-refractivity contribution in [3.8, 4) is 0 Å². The fourth-order valence-electron chi connectivity index (χ4n) is 0.865. The molecule has 13 heavy (non-hydrogen) atoms. The largest absolute Gasteiger partial charge is 0.303 e. The number of hydrogen-bond acceptors (Lipinski definition) is 2. The third-order valence-corrected chi connectivity index (χ3v) is 1.47. The zero-order valence-corrected chi connectivity index (χ0v) is 7.01. The fourth-order valence-corrected chi connectivity index (χ4v) is 0.865. The molecular weight excluding hydrogens is 164 g/mol. The molecule has 0 bridgehead atoms. The Morgan fingerprint density at radius 1 is 1.15 bits per heavy atom. The maximum absolute atomic E-state index is 10.8. The highest BCUT2D eigenvalue weighted by Crippen LogP contribution is 2.00. The average Bonchev–Trinajstić information content (AvgIpc) is 2.17. The minimum Gasteiger partial charge on any atom is -0.303 e. The predicted octanol–water partition coefficient (Wildman–Crippen LogP) is 1.67. The van der Waals surface area contributed by atoms with Crippen LogP contribution in [0.2, 0.25) is 0 Å². The SMILES string of the molecule is O=C[CH]C(=O)C=Cc1ccccc1. The summed E-state index contributed by atoms with van der Waals surface area (Å²) in [7, 11) is 0. The van der Waals surface area contributed by atoms with Crippen LogP contribution < -0.4 is 0 Å². The number of aldehydes is 1. The minimum absolute atomic E-state index is 0.293. The van der Waals surface area contributed by atoms with E-state index in [0.29, 0.717) is 6.29 Å². The Bertz CT molecular complexity index is 312. The Morgan fingerprint density at radius 2 is 1.85 bits per heavy atom. The topological polar surface area (TPSA) is 34.1 Å². The van der Waals surface area contributed by atoms with Crippen LogP contribution in [0.1, 0.15) is 5.56 Å². The summed E-state index contributed by atoms with van der Waals surface area (Å²) in [4.78, 5) is 20.8. The van der Waals surface area contributed by atoms with Gasteiger partial charge < -0.3 is 4.79 Å². The van der Waals surface area contributed by atoms with Crippen molar-refractivity contribution in [3.63, 3.8) is 0 Å². The standard InChI is InChI=1S/C11H9O2/c12-9-8-11(13)7-6-10-4-2-1-3-5-10/h1-9H. The van der Waals surface area contributed by atoms with E-state index >= 15 is 0 Å². The van der Waals surface area contributed by atoms with E-state index < -0.39 is 0 Å². The molecule has 0 heterocycles. The lowest BCUT2D eigenvalue weighted by Crippen LogP contribution is -1.92. The smallest absolute Gasteiger partial charge is 0.167 e. The summed E-state index contributed by atoms with van der Waals surface area (Å²) >= 11 is 0. The van der Waals surface area contributed by atoms with Crippen molar-refractivity contribution >= 4 is 18.1 Å². The van der Waals surface area contributed by atoms with E-state index in [1.807, 2.05) is 30.3 Å². The maximum atomic E-state index is 10.8. The summed E-state index contributed by atoms with van der Waals surface area (Å²) in [6, 6.07) is 9.42. The van der Waals surface area contributed by atoms with E-state index in [1.165, 1.54) is 6.08 Å². The molecule has 1 rings (SSSR count). The summed E-state index contributed by atoms with van der Waals surface area (Å²) in [6.45, 7) is 0. The van der Waals surface area contributed by atoms with E-state index in [-0.39, 0.29) is 5.78 Å². The highest BCUT2D eigenvalue weighted by Gasteiger charge is 1.93. The van der Waals surface area contributed by atoms with Gasteiger partial charge in [-0.3, -0.25) is 4.79 Å². The molecule has 0 saturated heterocycles. The average molecular weight is 173 g/mol. The van der Waals surface area contributed by atoms with E-state index in [2.05, 4.69) is 0 Å². The van der Waals surface area contributed by atoms with Gasteiger partial charge in [-0.2, -0.15) is 0 Å². The number of carbonyl (C=O) groups is 2. The van der Waals surface area contributed by atoms with Crippen LogP contribution in [0, 0.1) is 6.42 Å². The highest BCUT2D eigenvalue weighted by atomic mass is 16.1. The monoisotopic (exact) mass is 173 g/mol. The quantitative estimate of drug-likeness (QED) is 0.394. The van der Waals surface area contributed by atoms with Crippen LogP contribution in [0.25, 0.3) is 6.08 Å². The molecule has 0 aromatic heterocycles. The number of allylic oxidation sites excluding steroid dienone is 1. The predicted molar refractivity (Wildman–Crippen MR) is 50.8 cm³/mol. The van der Waals surface area contributed by atoms with Crippen molar-refractivity contribution in [2.45, 2.75) is 0 Å². The maximum Gasteiger partial charge on any atom is 0.167 e. The summed E-state index contributed by atoms with van der Waals surface area (Å²) in [5.41, 5.74) is 0.940. The van der Waals surface area contributed by atoms with Gasteiger partial charge in [-0.15, -0.1) is 0 Å². The van der Waals surface area contributed by atoms with Crippen molar-refractivity contribution < 1.29 is 9.59 Å². The van der Waals surface area contributed by atoms with Crippen LogP contribution in [0.3, 0.4) is 0 Å². The Hall–Kier alpha value is -1.70. The van der Waals surface area contributed by atoms with Gasteiger partial charge in [0.1, 0.15) is 6.29 Å². The molecule has 0 fully saturated rings. The molecule has 2 nitrogen and oxygen atoms in total. The molecule has 0 N–H and O–H groups in total. The van der Waals surface area contributed by atoms with Crippen molar-refractivity contribution in [1.82, 2.24) is 0 Å². The van der Waals surface area contributed by atoms with Gasteiger partial charge in [-0.25, -0.2) is 0 Å².